The normalized spacial score (nSPS) is 9.67. The molecule has 0 radical (unpaired) electrons. The zero-order valence-corrected chi connectivity index (χ0v) is 6.25. The molecular formula is C8H6N4. The first-order valence-electron chi connectivity index (χ1n) is 3.48. The molecule has 0 aliphatic heterocycles. The van der Waals surface area contributed by atoms with Gasteiger partial charge >= 0.3 is 0 Å². The highest BCUT2D eigenvalue weighted by Crippen LogP contribution is 2.10. The number of aromatic nitrogens is 4. The van der Waals surface area contributed by atoms with Crippen LogP contribution in [0, 0.1) is 0 Å². The highest BCUT2D eigenvalue weighted by molar-refractivity contribution is 5.55. The molecule has 0 saturated carbocycles. The van der Waals surface area contributed by atoms with Crippen molar-refractivity contribution in [3.8, 4) is 11.3 Å². The second-order valence-corrected chi connectivity index (χ2v) is 2.22. The summed E-state index contributed by atoms with van der Waals surface area (Å²) in [6.07, 6.45) is 8.12. The molecule has 0 saturated heterocycles. The van der Waals surface area contributed by atoms with E-state index in [0.717, 1.165) is 11.3 Å². The third-order valence-electron chi connectivity index (χ3n) is 1.44. The van der Waals surface area contributed by atoms with Crippen LogP contribution in [0.5, 0.6) is 0 Å². The van der Waals surface area contributed by atoms with Gasteiger partial charge in [0.25, 0.3) is 0 Å². The minimum atomic E-state index is 0.839. The van der Waals surface area contributed by atoms with Crippen LogP contribution < -0.4 is 0 Å². The molecule has 0 aromatic carbocycles. The molecule has 0 N–H and O–H groups in total. The van der Waals surface area contributed by atoms with Gasteiger partial charge in [-0.25, -0.2) is 19.9 Å². The van der Waals surface area contributed by atoms with E-state index < -0.39 is 0 Å². The van der Waals surface area contributed by atoms with Gasteiger partial charge in [-0.15, -0.1) is 0 Å². The molecule has 58 valence electrons. The molecule has 0 aliphatic carbocycles. The van der Waals surface area contributed by atoms with Crippen molar-refractivity contribution in [2.24, 2.45) is 0 Å². The summed E-state index contributed by atoms with van der Waals surface area (Å²) in [6.45, 7) is 0. The van der Waals surface area contributed by atoms with Crippen molar-refractivity contribution in [3.05, 3.63) is 37.3 Å². The van der Waals surface area contributed by atoms with Gasteiger partial charge in [0, 0.05) is 24.2 Å². The Bertz CT molecular complexity index is 308. The maximum absolute atomic E-state index is 4.06. The van der Waals surface area contributed by atoms with Gasteiger partial charge in [0.1, 0.15) is 12.7 Å². The van der Waals surface area contributed by atoms with Gasteiger partial charge in [-0.1, -0.05) is 0 Å². The maximum Gasteiger partial charge on any atom is 0.116 e. The van der Waals surface area contributed by atoms with Gasteiger partial charge in [-0.3, -0.25) is 0 Å². The lowest BCUT2D eigenvalue weighted by atomic mass is 10.2. The molecule has 2 rings (SSSR count). The van der Waals surface area contributed by atoms with Crippen LogP contribution in [-0.4, -0.2) is 19.9 Å². The predicted molar refractivity (Wildman–Crippen MR) is 43.1 cm³/mol. The van der Waals surface area contributed by atoms with Crippen molar-refractivity contribution in [1.29, 1.82) is 0 Å². The Labute approximate surface area is 69.4 Å². The molecule has 0 atom stereocenters. The molecule has 0 fully saturated rings. The van der Waals surface area contributed by atoms with Crippen LogP contribution in [0.25, 0.3) is 11.3 Å². The lowest BCUT2D eigenvalue weighted by Gasteiger charge is -1.95. The quantitative estimate of drug-likeness (QED) is 0.619. The lowest BCUT2D eigenvalue weighted by molar-refractivity contribution is 1.13. The molecular weight excluding hydrogens is 152 g/mol. The zero-order chi connectivity index (χ0) is 8.23. The van der Waals surface area contributed by atoms with Gasteiger partial charge in [0.15, 0.2) is 0 Å². The van der Waals surface area contributed by atoms with E-state index in [9.17, 15) is 0 Å². The highest BCUT2D eigenvalue weighted by atomic mass is 14.8. The van der Waals surface area contributed by atoms with E-state index in [1.54, 1.807) is 18.6 Å². The smallest absolute Gasteiger partial charge is 0.116 e. The van der Waals surface area contributed by atoms with Crippen molar-refractivity contribution in [1.82, 2.24) is 19.9 Å². The fourth-order valence-corrected chi connectivity index (χ4v) is 0.893. The molecule has 0 bridgehead atoms. The van der Waals surface area contributed by atoms with Gasteiger partial charge < -0.3 is 0 Å². The fraction of sp³-hybridized carbons (Fsp3) is 0. The molecule has 4 nitrogen and oxygen atoms in total. The van der Waals surface area contributed by atoms with Crippen LogP contribution >= 0.6 is 0 Å². The van der Waals surface area contributed by atoms with Crippen molar-refractivity contribution >= 4 is 0 Å². The summed E-state index contributed by atoms with van der Waals surface area (Å²) in [4.78, 5) is 15.7. The number of hydrogen-bond donors (Lipinski definition) is 0. The topological polar surface area (TPSA) is 51.6 Å². The Balaban J connectivity index is 2.46. The van der Waals surface area contributed by atoms with Crippen molar-refractivity contribution in [2.75, 3.05) is 0 Å². The second-order valence-electron chi connectivity index (χ2n) is 2.22. The molecule has 12 heavy (non-hydrogen) atoms. The van der Waals surface area contributed by atoms with Gasteiger partial charge in [-0.2, -0.15) is 0 Å². The van der Waals surface area contributed by atoms with Crippen LogP contribution in [0.2, 0.25) is 0 Å². The maximum atomic E-state index is 4.06. The average molecular weight is 158 g/mol. The van der Waals surface area contributed by atoms with E-state index in [2.05, 4.69) is 19.9 Å². The summed E-state index contributed by atoms with van der Waals surface area (Å²) in [5, 5.41) is 0. The van der Waals surface area contributed by atoms with Crippen LogP contribution in [-0.2, 0) is 0 Å². The molecule has 2 heterocycles. The lowest BCUT2D eigenvalue weighted by Crippen LogP contribution is -1.85. The minimum absolute atomic E-state index is 0.839. The molecule has 4 heteroatoms. The number of rotatable bonds is 1. The SMILES string of the molecule is c1cc(-c2cncnc2)ncn1. The Kier molecular flexibility index (Phi) is 1.74. The van der Waals surface area contributed by atoms with E-state index >= 15 is 0 Å². The molecule has 0 amide bonds. The average Bonchev–Trinajstić information content (AvgIpc) is 2.21. The summed E-state index contributed by atoms with van der Waals surface area (Å²) in [5.74, 6) is 0. The Morgan fingerprint density at radius 2 is 1.75 bits per heavy atom. The van der Waals surface area contributed by atoms with E-state index in [0.29, 0.717) is 0 Å². The third kappa shape index (κ3) is 1.27. The standard InChI is InChI=1S/C8H6N4/c1-2-9-6-12-8(1)7-3-10-5-11-4-7/h1-6H. The summed E-state index contributed by atoms with van der Waals surface area (Å²) in [6, 6.07) is 1.82. The van der Waals surface area contributed by atoms with E-state index in [-0.39, 0.29) is 0 Å². The fourth-order valence-electron chi connectivity index (χ4n) is 0.893. The van der Waals surface area contributed by atoms with Crippen molar-refractivity contribution in [3.63, 3.8) is 0 Å². The third-order valence-corrected chi connectivity index (χ3v) is 1.44. The van der Waals surface area contributed by atoms with Gasteiger partial charge in [0.2, 0.25) is 0 Å². The van der Waals surface area contributed by atoms with Gasteiger partial charge in [-0.05, 0) is 6.07 Å². The molecule has 0 aliphatic rings. The Morgan fingerprint density at radius 1 is 0.917 bits per heavy atom. The minimum Gasteiger partial charge on any atom is -0.245 e. The molecule has 0 unspecified atom stereocenters. The van der Waals surface area contributed by atoms with Gasteiger partial charge in [0.05, 0.1) is 5.69 Å². The first-order chi connectivity index (χ1) is 5.97. The largest absolute Gasteiger partial charge is 0.245 e. The van der Waals surface area contributed by atoms with E-state index in [1.807, 2.05) is 6.07 Å². The highest BCUT2D eigenvalue weighted by Gasteiger charge is 1.95. The van der Waals surface area contributed by atoms with Crippen LogP contribution in [0.3, 0.4) is 0 Å². The van der Waals surface area contributed by atoms with Crippen LogP contribution in [0.15, 0.2) is 37.3 Å². The summed E-state index contributed by atoms with van der Waals surface area (Å²) in [5.41, 5.74) is 1.74. The van der Waals surface area contributed by atoms with E-state index in [1.165, 1.54) is 12.7 Å². The van der Waals surface area contributed by atoms with Crippen LogP contribution in [0.4, 0.5) is 0 Å². The molecule has 2 aromatic heterocycles. The molecule has 0 spiro atoms. The summed E-state index contributed by atoms with van der Waals surface area (Å²) < 4.78 is 0. The Hall–Kier alpha value is -1.84. The predicted octanol–water partition coefficient (Wildman–Crippen LogP) is 0.934. The van der Waals surface area contributed by atoms with Crippen molar-refractivity contribution < 1.29 is 0 Å². The monoisotopic (exact) mass is 158 g/mol. The summed E-state index contributed by atoms with van der Waals surface area (Å²) >= 11 is 0. The first-order valence-corrected chi connectivity index (χ1v) is 3.48. The summed E-state index contributed by atoms with van der Waals surface area (Å²) in [7, 11) is 0. The Morgan fingerprint density at radius 3 is 2.42 bits per heavy atom. The van der Waals surface area contributed by atoms with Crippen LogP contribution in [0.1, 0.15) is 0 Å². The van der Waals surface area contributed by atoms with Crippen molar-refractivity contribution in [2.45, 2.75) is 0 Å². The second kappa shape index (κ2) is 3.04. The zero-order valence-electron chi connectivity index (χ0n) is 6.25. The van der Waals surface area contributed by atoms with E-state index in [4.69, 9.17) is 0 Å². The molecule has 2 aromatic rings. The number of nitrogens with zero attached hydrogens (tertiary/aromatic N) is 4. The first kappa shape index (κ1) is 6.84. The number of hydrogen-bond acceptors (Lipinski definition) is 4.